The summed E-state index contributed by atoms with van der Waals surface area (Å²) in [5.41, 5.74) is 8.92. The van der Waals surface area contributed by atoms with Crippen molar-refractivity contribution >= 4 is 46.0 Å². The van der Waals surface area contributed by atoms with Crippen LogP contribution in [-0.4, -0.2) is 56.3 Å². The predicted molar refractivity (Wildman–Crippen MR) is 146 cm³/mol. The summed E-state index contributed by atoms with van der Waals surface area (Å²) < 4.78 is 13.4. The Balaban J connectivity index is 1.40. The summed E-state index contributed by atoms with van der Waals surface area (Å²) in [7, 11) is 0. The summed E-state index contributed by atoms with van der Waals surface area (Å²) in [4.78, 5) is 35.6. The van der Waals surface area contributed by atoms with Crippen molar-refractivity contribution < 1.29 is 19.1 Å². The van der Waals surface area contributed by atoms with Crippen molar-refractivity contribution in [3.63, 3.8) is 0 Å². The number of nitrogen functional groups attached to an aromatic ring is 1. The van der Waals surface area contributed by atoms with E-state index in [0.717, 1.165) is 12.8 Å². The molecule has 4 aromatic rings. The third-order valence-corrected chi connectivity index (χ3v) is 7.13. The van der Waals surface area contributed by atoms with Gasteiger partial charge in [0.05, 0.1) is 17.1 Å². The van der Waals surface area contributed by atoms with Gasteiger partial charge >= 0.3 is 0 Å². The Morgan fingerprint density at radius 3 is 2.72 bits per heavy atom. The van der Waals surface area contributed by atoms with Crippen LogP contribution in [0.3, 0.4) is 0 Å². The first-order chi connectivity index (χ1) is 18.9. The quantitative estimate of drug-likeness (QED) is 0.358. The normalized spacial score (nSPS) is 16.3. The molecule has 0 unspecified atom stereocenters. The molecular formula is C27H24ClN7O4. The number of carbonyl (C=O) groups is 2. The van der Waals surface area contributed by atoms with Gasteiger partial charge in [0, 0.05) is 29.2 Å². The number of likely N-dealkylation sites (tertiary alicyclic amines) is 1. The first-order valence-electron chi connectivity index (χ1n) is 12.3. The van der Waals surface area contributed by atoms with Crippen LogP contribution in [0.4, 0.5) is 11.5 Å². The number of nitrogens with two attached hydrogens (primary N) is 1. The second-order valence-corrected chi connectivity index (χ2v) is 9.66. The number of aromatic nitrogens is 4. The fourth-order valence-electron chi connectivity index (χ4n) is 5.00. The summed E-state index contributed by atoms with van der Waals surface area (Å²) in [6.07, 6.45) is 4.35. The number of halogens is 1. The van der Waals surface area contributed by atoms with Crippen LogP contribution in [0.25, 0.3) is 22.3 Å². The molecule has 0 spiro atoms. The second kappa shape index (κ2) is 9.91. The van der Waals surface area contributed by atoms with Gasteiger partial charge in [0.15, 0.2) is 17.1 Å². The summed E-state index contributed by atoms with van der Waals surface area (Å²) in [6.45, 7) is 4.71. The van der Waals surface area contributed by atoms with Crippen molar-refractivity contribution in [2.75, 3.05) is 30.9 Å². The Morgan fingerprint density at radius 2 is 1.92 bits per heavy atom. The van der Waals surface area contributed by atoms with Gasteiger partial charge in [-0.1, -0.05) is 18.2 Å². The zero-order valence-corrected chi connectivity index (χ0v) is 21.5. The van der Waals surface area contributed by atoms with E-state index in [1.807, 2.05) is 4.68 Å². The molecule has 6 rings (SSSR count). The van der Waals surface area contributed by atoms with Crippen LogP contribution in [0.1, 0.15) is 29.2 Å². The Bertz CT molecular complexity index is 1620. The number of nitrogens with one attached hydrogen (secondary N) is 1. The van der Waals surface area contributed by atoms with E-state index in [4.69, 9.17) is 31.9 Å². The molecular weight excluding hydrogens is 522 g/mol. The highest BCUT2D eigenvalue weighted by atomic mass is 35.5. The van der Waals surface area contributed by atoms with Gasteiger partial charge in [0.1, 0.15) is 17.8 Å². The predicted octanol–water partition coefficient (Wildman–Crippen LogP) is 4.06. The number of hydrogen-bond donors (Lipinski definition) is 2. The monoisotopic (exact) mass is 545 g/mol. The number of hydrogen-bond acceptors (Lipinski definition) is 8. The molecule has 2 amide bonds. The molecule has 0 bridgehead atoms. The minimum Gasteiger partial charge on any atom is -0.453 e. The maximum absolute atomic E-state index is 12.8. The van der Waals surface area contributed by atoms with Crippen LogP contribution in [-0.2, 0) is 4.79 Å². The molecule has 11 nitrogen and oxygen atoms in total. The topological polar surface area (TPSA) is 137 Å². The number of benzene rings is 2. The lowest BCUT2D eigenvalue weighted by Crippen LogP contribution is -2.40. The highest BCUT2D eigenvalue weighted by Gasteiger charge is 2.31. The molecule has 2 aliphatic rings. The van der Waals surface area contributed by atoms with E-state index in [0.29, 0.717) is 63.2 Å². The SMILES string of the molecule is C=CC(=O)N1CCC[C@@H](n2nc(-c3ccc(NC(=O)c4ccc(Cl)cc4)c4c3OCO4)c3c(N)ncnc32)C1. The maximum atomic E-state index is 12.8. The molecule has 2 aromatic heterocycles. The molecule has 198 valence electrons. The maximum Gasteiger partial charge on any atom is 0.255 e. The van der Waals surface area contributed by atoms with E-state index in [-0.39, 0.29) is 30.5 Å². The molecule has 1 fully saturated rings. The molecule has 3 N–H and O–H groups in total. The van der Waals surface area contributed by atoms with Crippen molar-refractivity contribution in [3.8, 4) is 22.8 Å². The van der Waals surface area contributed by atoms with Crippen LogP contribution in [0.5, 0.6) is 11.5 Å². The van der Waals surface area contributed by atoms with Gasteiger partial charge in [-0.05, 0) is 55.3 Å². The standard InChI is InChI=1S/C27H24ClN7O4/c1-2-20(36)34-11-3-4-17(12-34)35-26-21(25(29)30-13-31-26)22(33-35)18-9-10-19(24-23(18)38-14-39-24)32-27(37)15-5-7-16(28)8-6-15/h2,5-10,13,17H,1,3-4,11-12,14H2,(H,32,37)(H2,29,30,31)/t17-/m1/s1. The summed E-state index contributed by atoms with van der Waals surface area (Å²) >= 11 is 5.95. The van der Waals surface area contributed by atoms with Gasteiger partial charge in [-0.3, -0.25) is 9.59 Å². The van der Waals surface area contributed by atoms with E-state index >= 15 is 0 Å². The molecule has 1 atom stereocenters. The highest BCUT2D eigenvalue weighted by Crippen LogP contribution is 2.48. The van der Waals surface area contributed by atoms with Crippen molar-refractivity contribution in [3.05, 3.63) is 66.0 Å². The van der Waals surface area contributed by atoms with Gasteiger partial charge in [-0.15, -0.1) is 0 Å². The average Bonchev–Trinajstić information content (AvgIpc) is 3.60. The molecule has 0 aliphatic carbocycles. The van der Waals surface area contributed by atoms with Crippen LogP contribution in [0.2, 0.25) is 5.02 Å². The van der Waals surface area contributed by atoms with Crippen LogP contribution >= 0.6 is 11.6 Å². The molecule has 2 aliphatic heterocycles. The number of carbonyl (C=O) groups excluding carboxylic acids is 2. The Kier molecular flexibility index (Phi) is 6.27. The first-order valence-corrected chi connectivity index (χ1v) is 12.7. The highest BCUT2D eigenvalue weighted by molar-refractivity contribution is 6.30. The van der Waals surface area contributed by atoms with E-state index in [9.17, 15) is 9.59 Å². The second-order valence-electron chi connectivity index (χ2n) is 9.22. The number of anilines is 2. The number of piperidine rings is 1. The zero-order chi connectivity index (χ0) is 27.1. The molecule has 2 aromatic carbocycles. The minimum absolute atomic E-state index is 0.0258. The molecule has 0 radical (unpaired) electrons. The summed E-state index contributed by atoms with van der Waals surface area (Å²) in [5.74, 6) is 0.633. The fraction of sp³-hybridized carbons (Fsp3) is 0.222. The van der Waals surface area contributed by atoms with Crippen LogP contribution in [0, 0.1) is 0 Å². The van der Waals surface area contributed by atoms with Crippen molar-refractivity contribution in [2.45, 2.75) is 18.9 Å². The largest absolute Gasteiger partial charge is 0.453 e. The van der Waals surface area contributed by atoms with E-state index < -0.39 is 0 Å². The average molecular weight is 546 g/mol. The number of ether oxygens (including phenoxy) is 2. The molecule has 4 heterocycles. The third kappa shape index (κ3) is 4.40. The van der Waals surface area contributed by atoms with Crippen molar-refractivity contribution in [1.29, 1.82) is 0 Å². The minimum atomic E-state index is -0.319. The molecule has 0 saturated carbocycles. The van der Waals surface area contributed by atoms with E-state index in [1.165, 1.54) is 12.4 Å². The van der Waals surface area contributed by atoms with Gasteiger partial charge in [-0.25, -0.2) is 14.6 Å². The number of nitrogens with zero attached hydrogens (tertiary/aromatic N) is 5. The smallest absolute Gasteiger partial charge is 0.255 e. The Hall–Kier alpha value is -4.64. The number of fused-ring (bicyclic) bond motifs is 2. The lowest BCUT2D eigenvalue weighted by Gasteiger charge is -2.32. The fourth-order valence-corrected chi connectivity index (χ4v) is 5.13. The molecule has 1 saturated heterocycles. The van der Waals surface area contributed by atoms with Crippen molar-refractivity contribution in [2.24, 2.45) is 0 Å². The van der Waals surface area contributed by atoms with Crippen molar-refractivity contribution in [1.82, 2.24) is 24.6 Å². The lowest BCUT2D eigenvalue weighted by atomic mass is 10.1. The number of amides is 2. The number of rotatable bonds is 5. The summed E-state index contributed by atoms with van der Waals surface area (Å²) in [5, 5.41) is 8.91. The van der Waals surface area contributed by atoms with Crippen LogP contribution < -0.4 is 20.5 Å². The first kappa shape index (κ1) is 24.7. The summed E-state index contributed by atoms with van der Waals surface area (Å²) in [6, 6.07) is 9.98. The van der Waals surface area contributed by atoms with Gasteiger partial charge in [0.2, 0.25) is 12.7 Å². The third-order valence-electron chi connectivity index (χ3n) is 6.88. The van der Waals surface area contributed by atoms with Gasteiger partial charge < -0.3 is 25.4 Å². The Morgan fingerprint density at radius 1 is 1.13 bits per heavy atom. The Labute approximate surface area is 228 Å². The van der Waals surface area contributed by atoms with Gasteiger partial charge in [-0.2, -0.15) is 5.10 Å². The lowest BCUT2D eigenvalue weighted by molar-refractivity contribution is -0.127. The molecule has 12 heteroatoms. The van der Waals surface area contributed by atoms with Crippen LogP contribution in [0.15, 0.2) is 55.4 Å². The van der Waals surface area contributed by atoms with Gasteiger partial charge in [0.25, 0.3) is 5.91 Å². The van der Waals surface area contributed by atoms with E-state index in [1.54, 1.807) is 41.3 Å². The zero-order valence-electron chi connectivity index (χ0n) is 20.8. The van der Waals surface area contributed by atoms with E-state index in [2.05, 4.69) is 21.9 Å². The molecule has 39 heavy (non-hydrogen) atoms.